The molecule has 0 heterocycles. The summed E-state index contributed by atoms with van der Waals surface area (Å²) in [5.74, 6) is 1.37. The number of halogens is 1. The van der Waals surface area contributed by atoms with E-state index in [1.165, 1.54) is 0 Å². The highest BCUT2D eigenvalue weighted by Crippen LogP contribution is 2.33. The first kappa shape index (κ1) is 25.4. The van der Waals surface area contributed by atoms with Gasteiger partial charge in [0, 0.05) is 10.7 Å². The average Bonchev–Trinajstić information content (AvgIpc) is 2.77. The molecule has 0 aliphatic rings. The molecule has 0 saturated heterocycles. The monoisotopic (exact) mass is 468 g/mol. The summed E-state index contributed by atoms with van der Waals surface area (Å²) in [4.78, 5) is 0. The van der Waals surface area contributed by atoms with Crippen molar-refractivity contribution in [2.75, 3.05) is 25.2 Å². The lowest BCUT2D eigenvalue weighted by atomic mass is 9.78. The summed E-state index contributed by atoms with van der Waals surface area (Å²) in [5.41, 5.74) is 2.05. The summed E-state index contributed by atoms with van der Waals surface area (Å²) >= 11 is 3.21. The maximum Gasteiger partial charge on any atom is 0.119 e. The summed E-state index contributed by atoms with van der Waals surface area (Å²) in [7, 11) is 0. The van der Waals surface area contributed by atoms with Gasteiger partial charge in [-0.2, -0.15) is 0 Å². The van der Waals surface area contributed by atoms with Crippen LogP contribution in [0.1, 0.15) is 38.8 Å². The molecule has 2 atom stereocenters. The molecule has 2 aromatic carbocycles. The van der Waals surface area contributed by atoms with Crippen molar-refractivity contribution in [1.82, 2.24) is 0 Å². The zero-order chi connectivity index (χ0) is 21.9. The molecule has 5 nitrogen and oxygen atoms in total. The Kier molecular flexibility index (Phi) is 11.3. The van der Waals surface area contributed by atoms with Crippen LogP contribution in [0.5, 0.6) is 11.5 Å². The second kappa shape index (κ2) is 12.9. The van der Waals surface area contributed by atoms with Gasteiger partial charge in [-0.1, -0.05) is 67.9 Å². The smallest absolute Gasteiger partial charge is 0.119 e. The van der Waals surface area contributed by atoms with Crippen molar-refractivity contribution in [3.8, 4) is 11.5 Å². The van der Waals surface area contributed by atoms with E-state index in [0.29, 0.717) is 11.1 Å². The van der Waals surface area contributed by atoms with Gasteiger partial charge in [0.15, 0.2) is 0 Å². The Hall–Kier alpha value is -1.60. The fourth-order valence-electron chi connectivity index (χ4n) is 2.58. The van der Waals surface area contributed by atoms with Crippen LogP contribution in [0, 0.1) is 0 Å². The third-order valence-electron chi connectivity index (χ3n) is 4.43. The van der Waals surface area contributed by atoms with E-state index in [-0.39, 0.29) is 25.2 Å². The molecule has 0 saturated carbocycles. The Morgan fingerprint density at radius 2 is 1.17 bits per heavy atom. The fraction of sp³-hybridized carbons (Fsp3) is 0.478. The zero-order valence-corrected chi connectivity index (χ0v) is 19.2. The van der Waals surface area contributed by atoms with Crippen LogP contribution in [0.25, 0.3) is 0 Å². The topological polar surface area (TPSA) is 79.2 Å². The predicted octanol–water partition coefficient (Wildman–Crippen LogP) is 3.91. The van der Waals surface area contributed by atoms with E-state index in [1.54, 1.807) is 0 Å². The quantitative estimate of drug-likeness (QED) is 0.460. The van der Waals surface area contributed by atoms with Crippen molar-refractivity contribution in [3.05, 3.63) is 59.7 Å². The fourth-order valence-corrected chi connectivity index (χ4v) is 2.77. The van der Waals surface area contributed by atoms with E-state index in [4.69, 9.17) is 14.6 Å². The van der Waals surface area contributed by atoms with Gasteiger partial charge in [0.1, 0.15) is 30.8 Å². The number of alkyl halides is 1. The molecule has 2 rings (SSSR count). The lowest BCUT2D eigenvalue weighted by Crippen LogP contribution is -2.21. The minimum absolute atomic E-state index is 0.0600. The van der Waals surface area contributed by atoms with Gasteiger partial charge in [0.25, 0.3) is 0 Å². The van der Waals surface area contributed by atoms with Crippen LogP contribution in [0.3, 0.4) is 0 Å². The van der Waals surface area contributed by atoms with Gasteiger partial charge in [0.05, 0.1) is 12.7 Å². The average molecular weight is 469 g/mol. The van der Waals surface area contributed by atoms with Gasteiger partial charge >= 0.3 is 0 Å². The highest BCUT2D eigenvalue weighted by Gasteiger charge is 2.23. The van der Waals surface area contributed by atoms with Crippen LogP contribution in [0.2, 0.25) is 0 Å². The SMILES string of the molecule is CC.CC(C)(c1ccc(OCC(O)CO)cc1)c1ccc(OCC(O)CBr)cc1. The molecule has 0 aromatic heterocycles. The van der Waals surface area contributed by atoms with Crippen LogP contribution in [-0.2, 0) is 5.41 Å². The summed E-state index contributed by atoms with van der Waals surface area (Å²) < 4.78 is 11.0. The summed E-state index contributed by atoms with van der Waals surface area (Å²) in [5, 5.41) is 28.2. The molecule has 2 aromatic rings. The maximum atomic E-state index is 9.55. The van der Waals surface area contributed by atoms with E-state index in [0.717, 1.165) is 16.9 Å². The highest BCUT2D eigenvalue weighted by molar-refractivity contribution is 9.09. The Balaban J connectivity index is 0.00000204. The molecule has 29 heavy (non-hydrogen) atoms. The molecule has 0 amide bonds. The van der Waals surface area contributed by atoms with Gasteiger partial charge < -0.3 is 24.8 Å². The summed E-state index contributed by atoms with van der Waals surface area (Å²) in [6.45, 7) is 8.27. The largest absolute Gasteiger partial charge is 0.491 e. The zero-order valence-electron chi connectivity index (χ0n) is 17.6. The van der Waals surface area contributed by atoms with Crippen LogP contribution in [-0.4, -0.2) is 52.7 Å². The van der Waals surface area contributed by atoms with Crippen molar-refractivity contribution in [1.29, 1.82) is 0 Å². The predicted molar refractivity (Wildman–Crippen MR) is 120 cm³/mol. The first-order valence-corrected chi connectivity index (χ1v) is 11.0. The van der Waals surface area contributed by atoms with Crippen LogP contribution >= 0.6 is 15.9 Å². The van der Waals surface area contributed by atoms with Gasteiger partial charge in [-0.3, -0.25) is 0 Å². The van der Waals surface area contributed by atoms with E-state index < -0.39 is 12.2 Å². The first-order valence-electron chi connectivity index (χ1n) is 9.86. The highest BCUT2D eigenvalue weighted by atomic mass is 79.9. The van der Waals surface area contributed by atoms with E-state index in [9.17, 15) is 10.2 Å². The standard InChI is InChI=1S/C21H27BrO5.C2H6/c1-21(2,15-3-7-19(8-4-15)26-13-17(24)11-22)16-5-9-20(10-6-16)27-14-18(25)12-23;1-2/h3-10,17-18,23-25H,11-14H2,1-2H3;1-2H3. The molecule has 0 radical (unpaired) electrons. The van der Waals surface area contributed by atoms with Crippen molar-refractivity contribution < 1.29 is 24.8 Å². The molecule has 0 bridgehead atoms. The van der Waals surface area contributed by atoms with Crippen molar-refractivity contribution in [3.63, 3.8) is 0 Å². The summed E-state index contributed by atoms with van der Waals surface area (Å²) in [6.07, 6.45) is -1.40. The number of hydrogen-bond donors (Lipinski definition) is 3. The van der Waals surface area contributed by atoms with Crippen LogP contribution < -0.4 is 9.47 Å². The lowest BCUT2D eigenvalue weighted by molar-refractivity contribution is 0.0536. The third kappa shape index (κ3) is 7.97. The second-order valence-corrected chi connectivity index (χ2v) is 7.59. The lowest BCUT2D eigenvalue weighted by Gasteiger charge is -2.26. The Labute approximate surface area is 182 Å². The number of aliphatic hydroxyl groups is 3. The number of rotatable bonds is 10. The molecule has 0 spiro atoms. The third-order valence-corrected chi connectivity index (χ3v) is 5.17. The minimum atomic E-state index is -0.877. The molecule has 162 valence electrons. The Morgan fingerprint density at radius 1 is 0.793 bits per heavy atom. The molecular weight excluding hydrogens is 436 g/mol. The van der Waals surface area contributed by atoms with Crippen LogP contribution in [0.4, 0.5) is 0 Å². The molecule has 0 fully saturated rings. The Morgan fingerprint density at radius 3 is 1.52 bits per heavy atom. The van der Waals surface area contributed by atoms with Gasteiger partial charge in [-0.25, -0.2) is 0 Å². The molecule has 6 heteroatoms. The van der Waals surface area contributed by atoms with Gasteiger partial charge in [0.2, 0.25) is 0 Å². The van der Waals surface area contributed by atoms with Crippen molar-refractivity contribution in [2.24, 2.45) is 0 Å². The number of benzene rings is 2. The minimum Gasteiger partial charge on any atom is -0.491 e. The number of aliphatic hydroxyl groups excluding tert-OH is 3. The first-order chi connectivity index (χ1) is 13.9. The molecular formula is C23H33BrO5. The van der Waals surface area contributed by atoms with E-state index in [1.807, 2.05) is 62.4 Å². The molecule has 3 N–H and O–H groups in total. The van der Waals surface area contributed by atoms with Gasteiger partial charge in [-0.15, -0.1) is 0 Å². The molecule has 2 unspecified atom stereocenters. The van der Waals surface area contributed by atoms with E-state index in [2.05, 4.69) is 29.8 Å². The second-order valence-electron chi connectivity index (χ2n) is 6.94. The molecule has 0 aliphatic heterocycles. The summed E-state index contributed by atoms with van der Waals surface area (Å²) in [6, 6.07) is 15.6. The molecule has 0 aliphatic carbocycles. The normalized spacial score (nSPS) is 13.1. The van der Waals surface area contributed by atoms with Crippen molar-refractivity contribution >= 4 is 15.9 Å². The van der Waals surface area contributed by atoms with Crippen LogP contribution in [0.15, 0.2) is 48.5 Å². The van der Waals surface area contributed by atoms with Crippen molar-refractivity contribution in [2.45, 2.75) is 45.3 Å². The Bertz CT molecular complexity index is 626. The van der Waals surface area contributed by atoms with Gasteiger partial charge in [-0.05, 0) is 35.4 Å². The number of ether oxygens (including phenoxy) is 2. The van der Waals surface area contributed by atoms with E-state index >= 15 is 0 Å². The maximum absolute atomic E-state index is 9.55. The number of hydrogen-bond acceptors (Lipinski definition) is 5.